The number of fused-ring (bicyclic) bond motifs is 11. The van der Waals surface area contributed by atoms with E-state index in [4.69, 9.17) is 4.74 Å². The molecule has 1 aromatic heterocycles. The zero-order valence-electron chi connectivity index (χ0n) is 39.1. The number of anilines is 3. The van der Waals surface area contributed by atoms with Crippen LogP contribution < -0.4 is 26.0 Å². The van der Waals surface area contributed by atoms with E-state index in [2.05, 4.69) is 260 Å². The third-order valence-electron chi connectivity index (χ3n) is 15.2. The minimum Gasteiger partial charge on any atom is -0.456 e. The van der Waals surface area contributed by atoms with Gasteiger partial charge in [-0.1, -0.05) is 223 Å². The number of hydrogen-bond donors (Lipinski definition) is 0. The molecule has 0 atom stereocenters. The summed E-state index contributed by atoms with van der Waals surface area (Å²) in [5.74, 6) is 1.71. The second-order valence-electron chi connectivity index (χ2n) is 19.0. The summed E-state index contributed by atoms with van der Waals surface area (Å²) < 4.78 is 9.71. The molecule has 0 unspecified atom stereocenters. The number of hydrogen-bond acceptors (Lipinski definition) is 3. The second-order valence-corrected chi connectivity index (χ2v) is 20.1. The normalized spacial score (nSPS) is 12.0. The molecule has 0 N–H and O–H groups in total. The number of nitrogens with zero attached hydrogens (tertiary/aromatic N) is 1. The van der Waals surface area contributed by atoms with Crippen LogP contribution in [0.25, 0.3) is 96.3 Å². The molecule has 15 rings (SSSR count). The van der Waals surface area contributed by atoms with E-state index < -0.39 is 0 Å². The zero-order valence-corrected chi connectivity index (χ0v) is 39.9. The standard InChI is InChI=1S/C68H42BNOS/c1-2-18-45(19-3-1)49-26-10-12-34-62(49)70(63-35-16-31-55-53-29-11-13-37-66(53)72-68(55)63)46-38-39-52-58-41-56-50-27-8-9-28-51(50)61(42-57(56)54-30-17-36-64(67(54)58)71-65(52)40-46)69(59-32-14-22-43-20-4-6-24-47(43)59)60-33-15-23-44-21-5-7-25-48(44)60/h1-42H. The van der Waals surface area contributed by atoms with Crippen LogP contribution in [0.3, 0.4) is 0 Å². The summed E-state index contributed by atoms with van der Waals surface area (Å²) in [5.41, 5.74) is 11.7. The average Bonchev–Trinajstić information content (AvgIpc) is 3.83. The summed E-state index contributed by atoms with van der Waals surface area (Å²) in [5, 5.41) is 14.8. The van der Waals surface area contributed by atoms with Crippen molar-refractivity contribution in [2.24, 2.45) is 0 Å². The van der Waals surface area contributed by atoms with Crippen LogP contribution in [0, 0.1) is 0 Å². The van der Waals surface area contributed by atoms with Gasteiger partial charge >= 0.3 is 0 Å². The summed E-state index contributed by atoms with van der Waals surface area (Å²) >= 11 is 1.85. The van der Waals surface area contributed by atoms with Gasteiger partial charge in [0.25, 0.3) is 0 Å². The van der Waals surface area contributed by atoms with Crippen LogP contribution in [-0.4, -0.2) is 6.71 Å². The lowest BCUT2D eigenvalue weighted by Crippen LogP contribution is -2.52. The summed E-state index contributed by atoms with van der Waals surface area (Å²) in [6.07, 6.45) is 0. The Balaban J connectivity index is 0.959. The molecular formula is C68H42BNOS. The zero-order chi connectivity index (χ0) is 47.3. The quantitative estimate of drug-likeness (QED) is 0.117. The number of ether oxygens (including phenoxy) is 1. The first kappa shape index (κ1) is 40.9. The highest BCUT2D eigenvalue weighted by molar-refractivity contribution is 7.26. The van der Waals surface area contributed by atoms with Crippen molar-refractivity contribution in [2.45, 2.75) is 0 Å². The predicted molar refractivity (Wildman–Crippen MR) is 310 cm³/mol. The van der Waals surface area contributed by atoms with Crippen LogP contribution in [0.1, 0.15) is 0 Å². The fraction of sp³-hybridized carbons (Fsp3) is 0. The third-order valence-corrected chi connectivity index (χ3v) is 16.4. The van der Waals surface area contributed by atoms with Crippen molar-refractivity contribution in [1.29, 1.82) is 0 Å². The Morgan fingerprint density at radius 3 is 1.71 bits per heavy atom. The Morgan fingerprint density at radius 2 is 0.917 bits per heavy atom. The molecular weight excluding hydrogens is 890 g/mol. The topological polar surface area (TPSA) is 12.5 Å². The van der Waals surface area contributed by atoms with Crippen molar-refractivity contribution in [3.63, 3.8) is 0 Å². The number of benzene rings is 13. The van der Waals surface area contributed by atoms with Crippen molar-refractivity contribution in [3.8, 4) is 33.8 Å². The minimum absolute atomic E-state index is 0.0499. The van der Waals surface area contributed by atoms with Gasteiger partial charge in [-0.3, -0.25) is 0 Å². The predicted octanol–water partition coefficient (Wildman–Crippen LogP) is 17.2. The Morgan fingerprint density at radius 1 is 0.333 bits per heavy atom. The van der Waals surface area contributed by atoms with Gasteiger partial charge in [-0.25, -0.2) is 0 Å². The Labute approximate surface area is 421 Å². The van der Waals surface area contributed by atoms with Crippen LogP contribution >= 0.6 is 11.3 Å². The summed E-state index contributed by atoms with van der Waals surface area (Å²) in [4.78, 5) is 2.44. The fourth-order valence-electron chi connectivity index (χ4n) is 12.0. The number of thiophene rings is 1. The SMILES string of the molecule is c1ccc(-c2ccccc2N(c2ccc3c(c2)Oc2cccc4c2c-3cc2c3ccccc3c(B(c3cccc5ccccc35)c3cccc5ccccc35)cc42)c2cccc3c2sc2ccccc23)cc1. The van der Waals surface area contributed by atoms with E-state index in [1.54, 1.807) is 0 Å². The van der Waals surface area contributed by atoms with Gasteiger partial charge in [0.2, 0.25) is 6.71 Å². The lowest BCUT2D eigenvalue weighted by atomic mass is 9.35. The molecule has 0 saturated heterocycles. The van der Waals surface area contributed by atoms with Crippen LogP contribution in [-0.2, 0) is 0 Å². The Kier molecular flexibility index (Phi) is 9.26. The number of rotatable bonds is 7. The van der Waals surface area contributed by atoms with Crippen LogP contribution in [0.2, 0.25) is 0 Å². The maximum absolute atomic E-state index is 7.19. The van der Waals surface area contributed by atoms with E-state index in [-0.39, 0.29) is 6.71 Å². The molecule has 0 saturated carbocycles. The van der Waals surface area contributed by atoms with E-state index in [1.165, 1.54) is 96.2 Å². The molecule has 0 fully saturated rings. The van der Waals surface area contributed by atoms with Gasteiger partial charge in [0.1, 0.15) is 11.5 Å². The van der Waals surface area contributed by atoms with Crippen LogP contribution in [0.4, 0.5) is 17.1 Å². The van der Waals surface area contributed by atoms with Gasteiger partial charge in [-0.2, -0.15) is 0 Å². The highest BCUT2D eigenvalue weighted by Crippen LogP contribution is 2.53. The van der Waals surface area contributed by atoms with Crippen molar-refractivity contribution in [2.75, 3.05) is 4.90 Å². The monoisotopic (exact) mass is 931 g/mol. The molecule has 4 heteroatoms. The molecule has 1 aliphatic heterocycles. The summed E-state index contributed by atoms with van der Waals surface area (Å²) in [6.45, 7) is -0.0499. The lowest BCUT2D eigenvalue weighted by Gasteiger charge is -2.30. The molecule has 0 aliphatic carbocycles. The molecule has 2 nitrogen and oxygen atoms in total. The van der Waals surface area contributed by atoms with Gasteiger partial charge in [-0.15, -0.1) is 11.3 Å². The number of para-hydroxylation sites is 1. The lowest BCUT2D eigenvalue weighted by molar-refractivity contribution is 0.487. The van der Waals surface area contributed by atoms with Crippen LogP contribution in [0.5, 0.6) is 11.5 Å². The van der Waals surface area contributed by atoms with E-state index >= 15 is 0 Å². The summed E-state index contributed by atoms with van der Waals surface area (Å²) in [7, 11) is 0. The largest absolute Gasteiger partial charge is 0.456 e. The van der Waals surface area contributed by atoms with Gasteiger partial charge in [-0.05, 0) is 102 Å². The van der Waals surface area contributed by atoms with Gasteiger partial charge < -0.3 is 9.64 Å². The molecule has 334 valence electrons. The Bertz CT molecular complexity index is 4430. The van der Waals surface area contributed by atoms with Gasteiger partial charge in [0, 0.05) is 43.7 Å². The van der Waals surface area contributed by atoms with Gasteiger partial charge in [0.05, 0.1) is 16.1 Å². The maximum atomic E-state index is 7.19. The molecule has 72 heavy (non-hydrogen) atoms. The first-order valence-electron chi connectivity index (χ1n) is 24.8. The molecule has 1 aliphatic rings. The van der Waals surface area contributed by atoms with E-state index in [0.29, 0.717) is 0 Å². The first-order chi connectivity index (χ1) is 35.7. The average molecular weight is 932 g/mol. The van der Waals surface area contributed by atoms with Crippen molar-refractivity contribution >= 4 is 126 Å². The van der Waals surface area contributed by atoms with Crippen molar-refractivity contribution in [3.05, 3.63) is 255 Å². The van der Waals surface area contributed by atoms with Gasteiger partial charge in [0.15, 0.2) is 0 Å². The minimum atomic E-state index is -0.0499. The molecule has 2 heterocycles. The van der Waals surface area contributed by atoms with E-state index in [9.17, 15) is 0 Å². The smallest absolute Gasteiger partial charge is 0.243 e. The fourth-order valence-corrected chi connectivity index (χ4v) is 13.2. The molecule has 0 radical (unpaired) electrons. The second kappa shape index (κ2) is 16.3. The first-order valence-corrected chi connectivity index (χ1v) is 25.6. The highest BCUT2D eigenvalue weighted by atomic mass is 32.1. The van der Waals surface area contributed by atoms with E-state index in [0.717, 1.165) is 45.1 Å². The van der Waals surface area contributed by atoms with Crippen molar-refractivity contribution in [1.82, 2.24) is 0 Å². The highest BCUT2D eigenvalue weighted by Gasteiger charge is 2.30. The molecule has 0 spiro atoms. The van der Waals surface area contributed by atoms with Crippen LogP contribution in [0.15, 0.2) is 255 Å². The van der Waals surface area contributed by atoms with E-state index in [1.807, 2.05) is 11.3 Å². The Hall–Kier alpha value is -8.96. The van der Waals surface area contributed by atoms with Crippen molar-refractivity contribution < 1.29 is 4.74 Å². The molecule has 0 amide bonds. The molecule has 0 bridgehead atoms. The molecule has 13 aromatic carbocycles. The summed E-state index contributed by atoms with van der Waals surface area (Å²) in [6, 6.07) is 93.8. The molecule has 14 aromatic rings. The maximum Gasteiger partial charge on any atom is 0.243 e. The third kappa shape index (κ3) is 6.29.